The number of methoxy groups -OCH3 is 1. The van der Waals surface area contributed by atoms with Crippen molar-refractivity contribution in [2.45, 2.75) is 24.5 Å². The van der Waals surface area contributed by atoms with Crippen molar-refractivity contribution in [1.82, 2.24) is 5.32 Å². The Hall–Kier alpha value is -4.09. The molecule has 5 rings (SSSR count). The van der Waals surface area contributed by atoms with E-state index in [1.54, 1.807) is 12.1 Å². The summed E-state index contributed by atoms with van der Waals surface area (Å²) in [6, 6.07) is 11.5. The molecule has 208 valence electrons. The number of nitrogens with two attached hydrogens (primary N) is 1. The van der Waals surface area contributed by atoms with Gasteiger partial charge in [0.25, 0.3) is 5.91 Å². The summed E-state index contributed by atoms with van der Waals surface area (Å²) in [6.45, 7) is 0. The topological polar surface area (TPSA) is 141 Å². The van der Waals surface area contributed by atoms with Crippen molar-refractivity contribution >= 4 is 55.8 Å². The molecule has 0 saturated heterocycles. The Balaban J connectivity index is 1.56. The van der Waals surface area contributed by atoms with Gasteiger partial charge in [0.2, 0.25) is 10.0 Å². The summed E-state index contributed by atoms with van der Waals surface area (Å²) in [4.78, 5) is 25.0. The summed E-state index contributed by atoms with van der Waals surface area (Å²) in [5.41, 5.74) is 8.20. The highest BCUT2D eigenvalue weighted by atomic mass is 35.5. The van der Waals surface area contributed by atoms with Crippen molar-refractivity contribution in [3.8, 4) is 11.3 Å². The first-order valence-corrected chi connectivity index (χ1v) is 14.3. The van der Waals surface area contributed by atoms with Gasteiger partial charge in [0.05, 0.1) is 40.4 Å². The Morgan fingerprint density at radius 3 is 2.48 bits per heavy atom. The van der Waals surface area contributed by atoms with Crippen LogP contribution in [0.15, 0.2) is 52.9 Å². The van der Waals surface area contributed by atoms with Gasteiger partial charge in [0, 0.05) is 18.0 Å². The fourth-order valence-electron chi connectivity index (χ4n) is 4.63. The summed E-state index contributed by atoms with van der Waals surface area (Å²) in [6.07, 6.45) is 1.75. The third-order valence-corrected chi connectivity index (χ3v) is 8.23. The highest BCUT2D eigenvalue weighted by molar-refractivity contribution is 7.91. The molecule has 1 heterocycles. The highest BCUT2D eigenvalue weighted by Gasteiger charge is 2.31. The number of halogens is 2. The van der Waals surface area contributed by atoms with Gasteiger partial charge in [-0.15, -0.1) is 0 Å². The molecule has 4 aromatic rings. The van der Waals surface area contributed by atoms with Crippen molar-refractivity contribution in [1.29, 1.82) is 0 Å². The third kappa shape index (κ3) is 5.34. The van der Waals surface area contributed by atoms with Crippen LogP contribution in [0.2, 0.25) is 5.02 Å². The van der Waals surface area contributed by atoms with Gasteiger partial charge in [0.1, 0.15) is 17.2 Å². The van der Waals surface area contributed by atoms with Gasteiger partial charge in [-0.2, -0.15) is 0 Å². The number of benzene rings is 3. The predicted octanol–water partition coefficient (Wildman–Crippen LogP) is 5.44. The van der Waals surface area contributed by atoms with Crippen LogP contribution in [0.5, 0.6) is 0 Å². The second-order valence-corrected chi connectivity index (χ2v) is 11.6. The van der Waals surface area contributed by atoms with E-state index in [9.17, 15) is 22.4 Å². The predicted molar refractivity (Wildman–Crippen MR) is 150 cm³/mol. The molecular formula is C28H25ClFN3O6S. The molecule has 0 atom stereocenters. The minimum atomic E-state index is -4.01. The summed E-state index contributed by atoms with van der Waals surface area (Å²) in [7, 11) is -1.34. The van der Waals surface area contributed by atoms with Gasteiger partial charge in [-0.25, -0.2) is 17.6 Å². The fourth-order valence-corrected chi connectivity index (χ4v) is 6.06. The number of carbonyl (C=O) groups is 2. The van der Waals surface area contributed by atoms with Gasteiger partial charge in [-0.05, 0) is 78.4 Å². The Bertz CT molecular complexity index is 1770. The minimum absolute atomic E-state index is 0.00803. The normalized spacial score (nSPS) is 13.3. The third-order valence-electron chi connectivity index (χ3n) is 6.68. The number of nitrogen functional groups attached to an aromatic ring is 1. The number of nitrogens with one attached hydrogen (secondary N) is 2. The summed E-state index contributed by atoms with van der Waals surface area (Å²) >= 11 is 6.13. The van der Waals surface area contributed by atoms with Crippen molar-refractivity contribution in [2.75, 3.05) is 24.6 Å². The van der Waals surface area contributed by atoms with E-state index in [2.05, 4.69) is 10.0 Å². The van der Waals surface area contributed by atoms with Gasteiger partial charge in [0.15, 0.2) is 0 Å². The maximum absolute atomic E-state index is 13.6. The molecule has 1 saturated carbocycles. The lowest BCUT2D eigenvalue weighted by Crippen LogP contribution is -2.18. The number of esters is 1. The highest BCUT2D eigenvalue weighted by Crippen LogP contribution is 2.45. The number of carbonyl (C=O) groups excluding carboxylic acids is 2. The first-order valence-electron chi connectivity index (χ1n) is 12.3. The van der Waals surface area contributed by atoms with E-state index in [4.69, 9.17) is 26.5 Å². The van der Waals surface area contributed by atoms with Crippen molar-refractivity contribution in [2.24, 2.45) is 0 Å². The Morgan fingerprint density at radius 1 is 1.15 bits per heavy atom. The number of furan rings is 1. The fraction of sp³-hybridized carbons (Fsp3) is 0.214. The number of rotatable bonds is 8. The second kappa shape index (κ2) is 10.5. The van der Waals surface area contributed by atoms with Crippen molar-refractivity contribution in [3.05, 3.63) is 81.6 Å². The van der Waals surface area contributed by atoms with Crippen LogP contribution in [0.25, 0.3) is 22.3 Å². The van der Waals surface area contributed by atoms with Crippen LogP contribution in [0.4, 0.5) is 15.8 Å². The SMILES string of the molecule is CNC(=O)c1c(-c2ccc(F)cc2)oc2cc(CS(=O)(=O)Nc3cc(Cl)c(N)c(C(=O)OC)c3)c(C3CC3)cc12. The zero-order valence-corrected chi connectivity index (χ0v) is 23.1. The molecule has 40 heavy (non-hydrogen) atoms. The molecule has 3 aromatic carbocycles. The zero-order chi connectivity index (χ0) is 28.8. The number of hydrogen-bond donors (Lipinski definition) is 3. The lowest BCUT2D eigenvalue weighted by molar-refractivity contribution is 0.0601. The molecule has 12 heteroatoms. The Kier molecular flexibility index (Phi) is 7.19. The number of fused-ring (bicyclic) bond motifs is 1. The molecule has 1 aliphatic rings. The quantitative estimate of drug-likeness (QED) is 0.185. The standard InChI is InChI=1S/C28H25ClFN3O6S/c1-32-27(34)24-20-12-19(14-3-4-14)16(9-23(20)39-26(24)15-5-7-17(30)8-6-15)13-40(36,37)33-18-10-21(28(35)38-2)25(31)22(29)11-18/h5-12,14,33H,3-4,13,31H2,1-2H3,(H,32,34). The molecule has 0 bridgehead atoms. The van der Waals surface area contributed by atoms with Crippen LogP contribution < -0.4 is 15.8 Å². The average molecular weight is 586 g/mol. The van der Waals surface area contributed by atoms with Crippen LogP contribution in [-0.2, 0) is 20.5 Å². The van der Waals surface area contributed by atoms with E-state index in [0.717, 1.165) is 18.4 Å². The number of sulfonamides is 1. The number of ether oxygens (including phenoxy) is 1. The average Bonchev–Trinajstić information content (AvgIpc) is 3.69. The van der Waals surface area contributed by atoms with Crippen LogP contribution in [0, 0.1) is 5.82 Å². The monoisotopic (exact) mass is 585 g/mol. The molecule has 4 N–H and O–H groups in total. The molecule has 1 aliphatic carbocycles. The molecular weight excluding hydrogens is 561 g/mol. The first-order chi connectivity index (χ1) is 19.0. The maximum atomic E-state index is 13.6. The van der Waals surface area contributed by atoms with E-state index in [0.29, 0.717) is 22.1 Å². The molecule has 1 amide bonds. The van der Waals surface area contributed by atoms with E-state index >= 15 is 0 Å². The molecule has 0 radical (unpaired) electrons. The Labute approximate surface area is 234 Å². The number of anilines is 2. The molecule has 0 unspecified atom stereocenters. The molecule has 1 fully saturated rings. The van der Waals surface area contributed by atoms with Gasteiger partial charge >= 0.3 is 5.97 Å². The van der Waals surface area contributed by atoms with E-state index < -0.39 is 27.6 Å². The summed E-state index contributed by atoms with van der Waals surface area (Å²) in [5.74, 6) is -1.61. The summed E-state index contributed by atoms with van der Waals surface area (Å²) in [5, 5.41) is 3.14. The van der Waals surface area contributed by atoms with Crippen LogP contribution in [0.3, 0.4) is 0 Å². The smallest absolute Gasteiger partial charge is 0.340 e. The van der Waals surface area contributed by atoms with Crippen LogP contribution in [-0.4, -0.2) is 34.5 Å². The zero-order valence-electron chi connectivity index (χ0n) is 21.5. The second-order valence-electron chi connectivity index (χ2n) is 9.49. The lowest BCUT2D eigenvalue weighted by Gasteiger charge is -2.14. The molecule has 9 nitrogen and oxygen atoms in total. The van der Waals surface area contributed by atoms with Crippen LogP contribution >= 0.6 is 11.6 Å². The van der Waals surface area contributed by atoms with Gasteiger partial charge in [-0.3, -0.25) is 9.52 Å². The number of amides is 1. The largest absolute Gasteiger partial charge is 0.465 e. The minimum Gasteiger partial charge on any atom is -0.465 e. The van der Waals surface area contributed by atoms with Gasteiger partial charge in [-0.1, -0.05) is 11.6 Å². The van der Waals surface area contributed by atoms with Crippen molar-refractivity contribution < 1.29 is 31.6 Å². The van der Waals surface area contributed by atoms with Crippen LogP contribution in [0.1, 0.15) is 50.6 Å². The molecule has 0 spiro atoms. The lowest BCUT2D eigenvalue weighted by atomic mass is 9.98. The molecule has 1 aromatic heterocycles. The maximum Gasteiger partial charge on any atom is 0.340 e. The summed E-state index contributed by atoms with van der Waals surface area (Å²) < 4.78 is 53.4. The van der Waals surface area contributed by atoms with Crippen molar-refractivity contribution in [3.63, 3.8) is 0 Å². The van der Waals surface area contributed by atoms with Gasteiger partial charge < -0.3 is 20.2 Å². The van der Waals surface area contributed by atoms with E-state index in [-0.39, 0.29) is 45.1 Å². The van der Waals surface area contributed by atoms with E-state index in [1.165, 1.54) is 50.6 Å². The number of hydrogen-bond acceptors (Lipinski definition) is 7. The Morgan fingerprint density at radius 2 is 1.85 bits per heavy atom. The first kappa shape index (κ1) is 27.5. The molecule has 0 aliphatic heterocycles. The van der Waals surface area contributed by atoms with E-state index in [1.807, 2.05) is 0 Å².